The highest BCUT2D eigenvalue weighted by Gasteiger charge is 2.32. The van der Waals surface area contributed by atoms with Crippen LogP contribution in [0.25, 0.3) is 0 Å². The van der Waals surface area contributed by atoms with Gasteiger partial charge in [0.15, 0.2) is 0 Å². The van der Waals surface area contributed by atoms with Crippen molar-refractivity contribution in [3.63, 3.8) is 0 Å². The van der Waals surface area contributed by atoms with Crippen LogP contribution in [0.3, 0.4) is 0 Å². The molecule has 1 aliphatic rings. The lowest BCUT2D eigenvalue weighted by Crippen LogP contribution is -2.45. The first-order valence-corrected chi connectivity index (χ1v) is 8.66. The molecule has 4 nitrogen and oxygen atoms in total. The Bertz CT molecular complexity index is 587. The molecule has 2 rings (SSSR count). The Balaban J connectivity index is 2.33. The van der Waals surface area contributed by atoms with Crippen molar-refractivity contribution >= 4 is 21.6 Å². The number of nitrogens with zero attached hydrogens (tertiary/aromatic N) is 1. The molecular formula is C14H21ClN2O2S. The Hall–Kier alpha value is -0.620. The number of halogens is 1. The molecule has 2 N–H and O–H groups in total. The van der Waals surface area contributed by atoms with Crippen LogP contribution in [0.15, 0.2) is 23.1 Å². The van der Waals surface area contributed by atoms with Gasteiger partial charge in [0.2, 0.25) is 10.0 Å². The second-order valence-corrected chi connectivity index (χ2v) is 7.80. The molecule has 20 heavy (non-hydrogen) atoms. The van der Waals surface area contributed by atoms with Gasteiger partial charge in [0.25, 0.3) is 0 Å². The molecule has 0 spiro atoms. The number of nitrogens with two attached hydrogens (primary N) is 1. The number of rotatable bonds is 3. The number of sulfonamides is 1. The molecule has 1 fully saturated rings. The van der Waals surface area contributed by atoms with E-state index in [1.807, 2.05) is 6.92 Å². The van der Waals surface area contributed by atoms with Crippen molar-refractivity contribution in [2.24, 2.45) is 11.7 Å². The number of piperidine rings is 1. The first-order valence-electron chi connectivity index (χ1n) is 6.85. The predicted octanol–water partition coefficient (Wildman–Crippen LogP) is 2.40. The average Bonchev–Trinajstić information content (AvgIpc) is 2.41. The predicted molar refractivity (Wildman–Crippen MR) is 81.3 cm³/mol. The SMILES string of the molecule is Cc1c(Cl)cccc1S(=O)(=O)N1CCC[C@@H]([C@@H](C)N)C1. The van der Waals surface area contributed by atoms with Crippen LogP contribution < -0.4 is 5.73 Å². The Morgan fingerprint density at radius 3 is 2.80 bits per heavy atom. The summed E-state index contributed by atoms with van der Waals surface area (Å²) in [5, 5.41) is 0.479. The van der Waals surface area contributed by atoms with Crippen LogP contribution in [-0.4, -0.2) is 31.9 Å². The van der Waals surface area contributed by atoms with Crippen LogP contribution in [-0.2, 0) is 10.0 Å². The molecule has 0 aliphatic carbocycles. The van der Waals surface area contributed by atoms with E-state index in [1.54, 1.807) is 29.4 Å². The maximum absolute atomic E-state index is 12.8. The van der Waals surface area contributed by atoms with E-state index in [1.165, 1.54) is 0 Å². The summed E-state index contributed by atoms with van der Waals surface area (Å²) >= 11 is 6.03. The van der Waals surface area contributed by atoms with Crippen LogP contribution in [0.1, 0.15) is 25.3 Å². The Morgan fingerprint density at radius 2 is 2.15 bits per heavy atom. The molecule has 0 unspecified atom stereocenters. The quantitative estimate of drug-likeness (QED) is 0.931. The van der Waals surface area contributed by atoms with Gasteiger partial charge in [-0.15, -0.1) is 0 Å². The fraction of sp³-hybridized carbons (Fsp3) is 0.571. The number of hydrogen-bond donors (Lipinski definition) is 1. The Labute approximate surface area is 126 Å². The molecule has 0 radical (unpaired) electrons. The fourth-order valence-corrected chi connectivity index (χ4v) is 4.64. The number of benzene rings is 1. The summed E-state index contributed by atoms with van der Waals surface area (Å²) in [5.74, 6) is 0.220. The third kappa shape index (κ3) is 3.01. The van der Waals surface area contributed by atoms with Gasteiger partial charge in [-0.1, -0.05) is 17.7 Å². The second-order valence-electron chi connectivity index (χ2n) is 5.49. The summed E-state index contributed by atoms with van der Waals surface area (Å²) in [4.78, 5) is 0.301. The van der Waals surface area contributed by atoms with Gasteiger partial charge in [0, 0.05) is 24.2 Å². The molecule has 2 atom stereocenters. The minimum atomic E-state index is -3.49. The van der Waals surface area contributed by atoms with Gasteiger partial charge in [0.1, 0.15) is 0 Å². The summed E-state index contributed by atoms with van der Waals surface area (Å²) in [6.07, 6.45) is 1.84. The lowest BCUT2D eigenvalue weighted by Gasteiger charge is -2.34. The van der Waals surface area contributed by atoms with Crippen molar-refractivity contribution < 1.29 is 8.42 Å². The molecular weight excluding hydrogens is 296 g/mol. The van der Waals surface area contributed by atoms with E-state index in [0.29, 0.717) is 28.6 Å². The molecule has 1 heterocycles. The molecule has 1 aromatic rings. The summed E-state index contributed by atoms with van der Waals surface area (Å²) in [6, 6.07) is 5.01. The fourth-order valence-electron chi connectivity index (χ4n) is 2.63. The standard InChI is InChI=1S/C14H21ClN2O2S/c1-10-13(15)6-3-7-14(10)20(18,19)17-8-4-5-12(9-17)11(2)16/h3,6-7,11-12H,4-5,8-9,16H2,1-2H3/t11-,12-/m1/s1. The largest absolute Gasteiger partial charge is 0.328 e. The monoisotopic (exact) mass is 316 g/mol. The highest BCUT2D eigenvalue weighted by atomic mass is 35.5. The zero-order chi connectivity index (χ0) is 14.9. The Morgan fingerprint density at radius 1 is 1.45 bits per heavy atom. The lowest BCUT2D eigenvalue weighted by atomic mass is 9.93. The zero-order valence-electron chi connectivity index (χ0n) is 11.8. The van der Waals surface area contributed by atoms with E-state index >= 15 is 0 Å². The van der Waals surface area contributed by atoms with E-state index in [9.17, 15) is 8.42 Å². The van der Waals surface area contributed by atoms with Gasteiger partial charge in [-0.2, -0.15) is 4.31 Å². The van der Waals surface area contributed by atoms with Crippen molar-refractivity contribution in [1.29, 1.82) is 0 Å². The van der Waals surface area contributed by atoms with Crippen molar-refractivity contribution in [3.05, 3.63) is 28.8 Å². The maximum Gasteiger partial charge on any atom is 0.243 e. The number of hydrogen-bond acceptors (Lipinski definition) is 3. The molecule has 1 aliphatic heterocycles. The van der Waals surface area contributed by atoms with Crippen molar-refractivity contribution in [3.8, 4) is 0 Å². The molecule has 0 aromatic heterocycles. The van der Waals surface area contributed by atoms with Crippen molar-refractivity contribution in [1.82, 2.24) is 4.31 Å². The minimum absolute atomic E-state index is 0.00783. The van der Waals surface area contributed by atoms with E-state index in [4.69, 9.17) is 17.3 Å². The van der Waals surface area contributed by atoms with Crippen LogP contribution in [0.5, 0.6) is 0 Å². The van der Waals surface area contributed by atoms with Gasteiger partial charge in [-0.25, -0.2) is 8.42 Å². The highest BCUT2D eigenvalue weighted by molar-refractivity contribution is 7.89. The van der Waals surface area contributed by atoms with Gasteiger partial charge in [-0.05, 0) is 50.3 Å². The second kappa shape index (κ2) is 6.02. The molecule has 1 saturated heterocycles. The van der Waals surface area contributed by atoms with Gasteiger partial charge < -0.3 is 5.73 Å². The summed E-state index contributed by atoms with van der Waals surface area (Å²) < 4.78 is 27.1. The molecule has 0 saturated carbocycles. The first kappa shape index (κ1) is 15.8. The van der Waals surface area contributed by atoms with Gasteiger partial charge in [0.05, 0.1) is 4.90 Å². The third-order valence-corrected chi connectivity index (χ3v) is 6.42. The average molecular weight is 317 g/mol. The maximum atomic E-state index is 12.8. The minimum Gasteiger partial charge on any atom is -0.328 e. The molecule has 1 aromatic carbocycles. The molecule has 0 amide bonds. The topological polar surface area (TPSA) is 63.4 Å². The van der Waals surface area contributed by atoms with Crippen LogP contribution in [0.2, 0.25) is 5.02 Å². The zero-order valence-corrected chi connectivity index (χ0v) is 13.4. The molecule has 112 valence electrons. The normalized spacial score (nSPS) is 22.7. The summed E-state index contributed by atoms with van der Waals surface area (Å²) in [7, 11) is -3.49. The van der Waals surface area contributed by atoms with Crippen LogP contribution >= 0.6 is 11.6 Å². The summed E-state index contributed by atoms with van der Waals surface area (Å²) in [6.45, 7) is 4.72. The van der Waals surface area contributed by atoms with Crippen LogP contribution in [0.4, 0.5) is 0 Å². The summed E-state index contributed by atoms with van der Waals surface area (Å²) in [5.41, 5.74) is 6.53. The van der Waals surface area contributed by atoms with Crippen LogP contribution in [0, 0.1) is 12.8 Å². The molecule has 0 bridgehead atoms. The smallest absolute Gasteiger partial charge is 0.243 e. The van der Waals surface area contributed by atoms with Crippen molar-refractivity contribution in [2.45, 2.75) is 37.6 Å². The van der Waals surface area contributed by atoms with Crippen molar-refractivity contribution in [2.75, 3.05) is 13.1 Å². The first-order chi connectivity index (χ1) is 9.34. The Kier molecular flexibility index (Phi) is 4.74. The lowest BCUT2D eigenvalue weighted by molar-refractivity contribution is 0.243. The molecule has 6 heteroatoms. The van der Waals surface area contributed by atoms with E-state index in [-0.39, 0.29) is 12.0 Å². The highest BCUT2D eigenvalue weighted by Crippen LogP contribution is 2.29. The van der Waals surface area contributed by atoms with Gasteiger partial charge in [-0.3, -0.25) is 0 Å². The third-order valence-electron chi connectivity index (χ3n) is 4.00. The van der Waals surface area contributed by atoms with E-state index < -0.39 is 10.0 Å². The van der Waals surface area contributed by atoms with Gasteiger partial charge >= 0.3 is 0 Å². The van der Waals surface area contributed by atoms with E-state index in [0.717, 1.165) is 12.8 Å². The van der Waals surface area contributed by atoms with E-state index in [2.05, 4.69) is 0 Å².